The molecule has 0 aromatic rings. The molecule has 5 rings (SSSR count). The van der Waals surface area contributed by atoms with E-state index < -0.39 is 29.1 Å². The largest absolute Gasteiger partial charge is 0.396 e. The average Bonchev–Trinajstić information content (AvgIpc) is 3.07. The van der Waals surface area contributed by atoms with Crippen LogP contribution < -0.4 is 0 Å². The summed E-state index contributed by atoms with van der Waals surface area (Å²) >= 11 is 0. The zero-order chi connectivity index (χ0) is 23.4. The first-order valence-corrected chi connectivity index (χ1v) is 12.4. The van der Waals surface area contributed by atoms with Crippen LogP contribution in [0.2, 0.25) is 0 Å². The highest BCUT2D eigenvalue weighted by atomic mass is 16.5. The zero-order valence-electron chi connectivity index (χ0n) is 19.6. The van der Waals surface area contributed by atoms with Crippen LogP contribution >= 0.6 is 0 Å². The Kier molecular flexibility index (Phi) is 5.64. The van der Waals surface area contributed by atoms with Crippen LogP contribution in [0.4, 0.5) is 0 Å². The van der Waals surface area contributed by atoms with Crippen LogP contribution in [0, 0.1) is 11.8 Å². The van der Waals surface area contributed by atoms with Gasteiger partial charge in [-0.1, -0.05) is 43.6 Å². The van der Waals surface area contributed by atoms with Crippen molar-refractivity contribution in [3.63, 3.8) is 0 Å². The first-order valence-electron chi connectivity index (χ1n) is 12.4. The second-order valence-corrected chi connectivity index (χ2v) is 10.4. The number of nitrogens with zero attached hydrogens (tertiary/aromatic N) is 3. The van der Waals surface area contributed by atoms with Crippen LogP contribution in [0.25, 0.3) is 0 Å². The summed E-state index contributed by atoms with van der Waals surface area (Å²) in [5.74, 6) is -1.91. The standard InChI is InChI=1S/C25H35N3O5/c1-24-11-6-13-26(2)21(30)18(24)19-22(31)28(15-8-16-29)20-23(32)27(17-9-4-3-5-10-17)14-7-12-25(19,20)33-24/h6-7,11-12,17-20,29H,3-5,8-10,13-16H2,1-2H3/t18-,19-,20?,24+,25-/m0/s1. The second kappa shape index (κ2) is 8.24. The molecule has 1 unspecified atom stereocenters. The van der Waals surface area contributed by atoms with Crippen molar-refractivity contribution in [1.29, 1.82) is 0 Å². The van der Waals surface area contributed by atoms with Gasteiger partial charge >= 0.3 is 0 Å². The molecule has 0 radical (unpaired) electrons. The Morgan fingerprint density at radius 3 is 2.45 bits per heavy atom. The topological polar surface area (TPSA) is 90.4 Å². The van der Waals surface area contributed by atoms with E-state index in [-0.39, 0.29) is 36.9 Å². The molecule has 33 heavy (non-hydrogen) atoms. The van der Waals surface area contributed by atoms with Gasteiger partial charge < -0.3 is 24.5 Å². The summed E-state index contributed by atoms with van der Waals surface area (Å²) in [6.45, 7) is 3.01. The quantitative estimate of drug-likeness (QED) is 0.639. The molecule has 3 fully saturated rings. The summed E-state index contributed by atoms with van der Waals surface area (Å²) in [5.41, 5.74) is -2.15. The van der Waals surface area contributed by atoms with Crippen LogP contribution in [0.1, 0.15) is 45.4 Å². The molecule has 1 aliphatic carbocycles. The maximum Gasteiger partial charge on any atom is 0.249 e. The molecule has 5 aliphatic rings. The minimum atomic E-state index is -1.19. The molecule has 0 aromatic heterocycles. The third-order valence-corrected chi connectivity index (χ3v) is 8.36. The number of rotatable bonds is 4. The van der Waals surface area contributed by atoms with E-state index in [0.717, 1.165) is 25.7 Å². The highest BCUT2D eigenvalue weighted by Gasteiger charge is 2.74. The van der Waals surface area contributed by atoms with Gasteiger partial charge in [-0.2, -0.15) is 0 Å². The molecule has 0 bridgehead atoms. The van der Waals surface area contributed by atoms with Gasteiger partial charge in [0.1, 0.15) is 11.6 Å². The number of amides is 3. The van der Waals surface area contributed by atoms with Crippen molar-refractivity contribution in [3.05, 3.63) is 24.3 Å². The Labute approximate surface area is 195 Å². The van der Waals surface area contributed by atoms with Gasteiger partial charge in [0.05, 0.1) is 17.4 Å². The average molecular weight is 458 g/mol. The second-order valence-electron chi connectivity index (χ2n) is 10.4. The summed E-state index contributed by atoms with van der Waals surface area (Å²) in [6, 6.07) is -0.660. The van der Waals surface area contributed by atoms with Crippen molar-refractivity contribution >= 4 is 17.7 Å². The normalized spacial score (nSPS) is 38.9. The number of hydrogen-bond acceptors (Lipinski definition) is 5. The van der Waals surface area contributed by atoms with Crippen molar-refractivity contribution in [2.45, 2.75) is 68.7 Å². The maximum absolute atomic E-state index is 14.1. The van der Waals surface area contributed by atoms with Gasteiger partial charge in [-0.15, -0.1) is 0 Å². The Morgan fingerprint density at radius 1 is 1.00 bits per heavy atom. The highest BCUT2D eigenvalue weighted by Crippen LogP contribution is 2.57. The molecule has 4 heterocycles. The number of fused-ring (bicyclic) bond motifs is 2. The number of hydrogen-bond donors (Lipinski definition) is 1. The first kappa shape index (κ1) is 22.6. The minimum Gasteiger partial charge on any atom is -0.396 e. The molecule has 1 spiro atoms. The van der Waals surface area contributed by atoms with E-state index in [1.165, 1.54) is 6.42 Å². The summed E-state index contributed by atoms with van der Waals surface area (Å²) in [4.78, 5) is 46.7. The Hall–Kier alpha value is -2.19. The van der Waals surface area contributed by atoms with Gasteiger partial charge in [-0.05, 0) is 26.2 Å². The number of carbonyl (C=O) groups excluding carboxylic acids is 3. The molecular formula is C25H35N3O5. The molecular weight excluding hydrogens is 422 g/mol. The molecule has 8 nitrogen and oxygen atoms in total. The maximum atomic E-state index is 14.1. The molecule has 180 valence electrons. The van der Waals surface area contributed by atoms with Crippen LogP contribution in [0.3, 0.4) is 0 Å². The summed E-state index contributed by atoms with van der Waals surface area (Å²) < 4.78 is 6.74. The van der Waals surface area contributed by atoms with E-state index >= 15 is 0 Å². The summed E-state index contributed by atoms with van der Waals surface area (Å²) in [5, 5.41) is 9.48. The zero-order valence-corrected chi connectivity index (χ0v) is 19.6. The van der Waals surface area contributed by atoms with Gasteiger partial charge in [0.15, 0.2) is 0 Å². The van der Waals surface area contributed by atoms with Crippen LogP contribution in [0.15, 0.2) is 24.3 Å². The van der Waals surface area contributed by atoms with Gasteiger partial charge in [0.25, 0.3) is 0 Å². The molecule has 8 heteroatoms. The lowest BCUT2D eigenvalue weighted by atomic mass is 9.74. The summed E-state index contributed by atoms with van der Waals surface area (Å²) in [7, 11) is 1.74. The smallest absolute Gasteiger partial charge is 0.249 e. The molecule has 0 aromatic carbocycles. The summed E-state index contributed by atoms with van der Waals surface area (Å²) in [6.07, 6.45) is 13.4. The van der Waals surface area contributed by atoms with Gasteiger partial charge in [0, 0.05) is 39.3 Å². The van der Waals surface area contributed by atoms with Gasteiger partial charge in [0.2, 0.25) is 17.7 Å². The van der Waals surface area contributed by atoms with Crippen LogP contribution in [-0.4, -0.2) is 94.1 Å². The van der Waals surface area contributed by atoms with E-state index in [4.69, 9.17) is 4.74 Å². The number of aliphatic hydroxyl groups is 1. The van der Waals surface area contributed by atoms with Crippen molar-refractivity contribution in [3.8, 4) is 0 Å². The molecule has 4 aliphatic heterocycles. The van der Waals surface area contributed by atoms with E-state index in [0.29, 0.717) is 19.5 Å². The van der Waals surface area contributed by atoms with E-state index in [1.807, 2.05) is 36.1 Å². The van der Waals surface area contributed by atoms with Crippen molar-refractivity contribution in [2.24, 2.45) is 11.8 Å². The Bertz CT molecular complexity index is 896. The van der Waals surface area contributed by atoms with Gasteiger partial charge in [-0.25, -0.2) is 0 Å². The third-order valence-electron chi connectivity index (χ3n) is 8.36. The van der Waals surface area contributed by atoms with Crippen LogP contribution in [-0.2, 0) is 19.1 Å². The number of likely N-dealkylation sites (tertiary alicyclic amines) is 1. The minimum absolute atomic E-state index is 0.0725. The number of aliphatic hydroxyl groups excluding tert-OH is 1. The van der Waals surface area contributed by atoms with Crippen LogP contribution in [0.5, 0.6) is 0 Å². The number of likely N-dealkylation sites (N-methyl/N-ethyl adjacent to an activating group) is 1. The molecule has 2 saturated heterocycles. The lowest BCUT2D eigenvalue weighted by Crippen LogP contribution is -2.57. The Morgan fingerprint density at radius 2 is 1.73 bits per heavy atom. The molecule has 3 amide bonds. The van der Waals surface area contributed by atoms with Crippen molar-refractivity contribution in [2.75, 3.05) is 33.3 Å². The van der Waals surface area contributed by atoms with Crippen molar-refractivity contribution in [1.82, 2.24) is 14.7 Å². The number of ether oxygens (including phenoxy) is 1. The van der Waals surface area contributed by atoms with Gasteiger partial charge in [-0.3, -0.25) is 14.4 Å². The number of carbonyl (C=O) groups is 3. The Balaban J connectivity index is 1.60. The van der Waals surface area contributed by atoms with E-state index in [1.54, 1.807) is 16.8 Å². The molecule has 1 saturated carbocycles. The highest BCUT2D eigenvalue weighted by molar-refractivity contribution is 6.00. The fourth-order valence-electron chi connectivity index (χ4n) is 6.86. The fraction of sp³-hybridized carbons (Fsp3) is 0.720. The molecule has 5 atom stereocenters. The lowest BCUT2D eigenvalue weighted by Gasteiger charge is -2.40. The fourth-order valence-corrected chi connectivity index (χ4v) is 6.86. The lowest BCUT2D eigenvalue weighted by molar-refractivity contribution is -0.154. The molecule has 1 N–H and O–H groups in total. The first-order chi connectivity index (χ1) is 15.8. The third kappa shape index (κ3) is 3.28. The predicted molar refractivity (Wildman–Crippen MR) is 121 cm³/mol. The van der Waals surface area contributed by atoms with E-state index in [2.05, 4.69) is 0 Å². The SMILES string of the molecule is CN1CC=C[C@@]2(C)O[C@]34C=CCN(C5CCCCC5)C(=O)C3N(CCCO)C(=O)[C@@H]4[C@H]2C1=O. The van der Waals surface area contributed by atoms with Crippen molar-refractivity contribution < 1.29 is 24.2 Å². The predicted octanol–water partition coefficient (Wildman–Crippen LogP) is 1.10. The monoisotopic (exact) mass is 457 g/mol. The van der Waals surface area contributed by atoms with E-state index in [9.17, 15) is 19.5 Å².